The number of fused-ring (bicyclic) bond motifs is 1. The second-order valence-electron chi connectivity index (χ2n) is 5.30. The monoisotopic (exact) mass is 295 g/mol. The Morgan fingerprint density at radius 3 is 2.68 bits per heavy atom. The highest BCUT2D eigenvalue weighted by Gasteiger charge is 2.21. The molecule has 4 heteroatoms. The number of carbonyl (C=O) groups is 1. The second-order valence-corrected chi connectivity index (χ2v) is 5.30. The van der Waals surface area contributed by atoms with Gasteiger partial charge in [0.05, 0.1) is 11.3 Å². The van der Waals surface area contributed by atoms with Crippen LogP contribution in [0, 0.1) is 0 Å². The van der Waals surface area contributed by atoms with E-state index in [9.17, 15) is 4.79 Å². The maximum atomic E-state index is 11.5. The molecule has 3 rings (SSSR count). The SMILES string of the molecule is O=Cc1c(OCc2ccccc2)ccc2c1CCCC2=NO. The molecule has 112 valence electrons. The molecular weight excluding hydrogens is 278 g/mol. The lowest BCUT2D eigenvalue weighted by atomic mass is 9.87. The van der Waals surface area contributed by atoms with Gasteiger partial charge in [-0.2, -0.15) is 0 Å². The Bertz CT molecular complexity index is 708. The quantitative estimate of drug-likeness (QED) is 0.532. The van der Waals surface area contributed by atoms with Crippen molar-refractivity contribution in [3.63, 3.8) is 0 Å². The summed E-state index contributed by atoms with van der Waals surface area (Å²) >= 11 is 0. The van der Waals surface area contributed by atoms with Gasteiger partial charge in [-0.15, -0.1) is 0 Å². The van der Waals surface area contributed by atoms with Crippen LogP contribution in [-0.4, -0.2) is 17.2 Å². The predicted octanol–water partition coefficient (Wildman–Crippen LogP) is 3.59. The molecule has 0 heterocycles. The number of rotatable bonds is 4. The Morgan fingerprint density at radius 2 is 1.95 bits per heavy atom. The van der Waals surface area contributed by atoms with Crippen LogP contribution in [0.2, 0.25) is 0 Å². The molecule has 0 spiro atoms. The molecule has 0 amide bonds. The first kappa shape index (κ1) is 14.3. The maximum Gasteiger partial charge on any atom is 0.154 e. The normalized spacial score (nSPS) is 15.4. The summed E-state index contributed by atoms with van der Waals surface area (Å²) in [4.78, 5) is 11.5. The minimum absolute atomic E-state index is 0.418. The third kappa shape index (κ3) is 2.72. The molecule has 0 aromatic heterocycles. The fourth-order valence-corrected chi connectivity index (χ4v) is 2.84. The molecule has 0 unspecified atom stereocenters. The summed E-state index contributed by atoms with van der Waals surface area (Å²) in [7, 11) is 0. The van der Waals surface area contributed by atoms with Gasteiger partial charge < -0.3 is 9.94 Å². The van der Waals surface area contributed by atoms with Crippen LogP contribution < -0.4 is 4.74 Å². The molecule has 2 aromatic rings. The predicted molar refractivity (Wildman–Crippen MR) is 83.9 cm³/mol. The van der Waals surface area contributed by atoms with E-state index in [-0.39, 0.29) is 0 Å². The molecule has 0 bridgehead atoms. The van der Waals surface area contributed by atoms with Crippen molar-refractivity contribution in [3.05, 3.63) is 64.7 Å². The Hall–Kier alpha value is -2.62. The highest BCUT2D eigenvalue weighted by atomic mass is 16.5. The van der Waals surface area contributed by atoms with Gasteiger partial charge in [0.2, 0.25) is 0 Å². The number of aldehydes is 1. The summed E-state index contributed by atoms with van der Waals surface area (Å²) in [6, 6.07) is 13.5. The lowest BCUT2D eigenvalue weighted by Crippen LogP contribution is -2.15. The molecule has 0 atom stereocenters. The van der Waals surface area contributed by atoms with Gasteiger partial charge in [0.25, 0.3) is 0 Å². The van der Waals surface area contributed by atoms with E-state index in [1.807, 2.05) is 36.4 Å². The van der Waals surface area contributed by atoms with Gasteiger partial charge >= 0.3 is 0 Å². The molecule has 0 saturated carbocycles. The third-order valence-corrected chi connectivity index (χ3v) is 3.94. The number of carbonyl (C=O) groups excluding carboxylic acids is 1. The number of hydrogen-bond acceptors (Lipinski definition) is 4. The van der Waals surface area contributed by atoms with Crippen molar-refractivity contribution < 1.29 is 14.7 Å². The third-order valence-electron chi connectivity index (χ3n) is 3.94. The largest absolute Gasteiger partial charge is 0.488 e. The first-order chi connectivity index (χ1) is 10.8. The van der Waals surface area contributed by atoms with Gasteiger partial charge in [-0.25, -0.2) is 0 Å². The Balaban J connectivity index is 1.91. The van der Waals surface area contributed by atoms with Crippen molar-refractivity contribution in [1.29, 1.82) is 0 Å². The maximum absolute atomic E-state index is 11.5. The van der Waals surface area contributed by atoms with Gasteiger partial charge in [-0.05, 0) is 42.5 Å². The summed E-state index contributed by atoms with van der Waals surface area (Å²) in [6.07, 6.45) is 3.23. The van der Waals surface area contributed by atoms with Crippen molar-refractivity contribution in [2.45, 2.75) is 25.9 Å². The van der Waals surface area contributed by atoms with Gasteiger partial charge in [-0.3, -0.25) is 4.79 Å². The first-order valence-corrected chi connectivity index (χ1v) is 7.32. The van der Waals surface area contributed by atoms with E-state index in [1.54, 1.807) is 6.07 Å². The van der Waals surface area contributed by atoms with Crippen LogP contribution in [0.1, 0.15) is 39.9 Å². The zero-order valence-corrected chi connectivity index (χ0v) is 12.2. The summed E-state index contributed by atoms with van der Waals surface area (Å²) in [5.41, 5.74) is 4.02. The zero-order chi connectivity index (χ0) is 15.4. The number of hydrogen-bond donors (Lipinski definition) is 1. The molecule has 4 nitrogen and oxygen atoms in total. The summed E-state index contributed by atoms with van der Waals surface area (Å²) in [5, 5.41) is 12.4. The topological polar surface area (TPSA) is 58.9 Å². The average Bonchev–Trinajstić information content (AvgIpc) is 2.59. The van der Waals surface area contributed by atoms with E-state index < -0.39 is 0 Å². The van der Waals surface area contributed by atoms with E-state index in [4.69, 9.17) is 9.94 Å². The Morgan fingerprint density at radius 1 is 1.14 bits per heavy atom. The summed E-state index contributed by atoms with van der Waals surface area (Å²) < 4.78 is 5.82. The van der Waals surface area contributed by atoms with Crippen LogP contribution >= 0.6 is 0 Å². The molecule has 1 aliphatic carbocycles. The number of nitrogens with zero attached hydrogens (tertiary/aromatic N) is 1. The van der Waals surface area contributed by atoms with Crippen LogP contribution in [0.3, 0.4) is 0 Å². The summed E-state index contributed by atoms with van der Waals surface area (Å²) in [5.74, 6) is 0.580. The zero-order valence-electron chi connectivity index (χ0n) is 12.2. The standard InChI is InChI=1S/C18H17NO3/c20-11-16-14-7-4-8-17(19-21)15(14)9-10-18(16)22-12-13-5-2-1-3-6-13/h1-3,5-6,9-11,21H,4,7-8,12H2. The fraction of sp³-hybridized carbons (Fsp3) is 0.222. The van der Waals surface area contributed by atoms with Crippen LogP contribution in [-0.2, 0) is 13.0 Å². The van der Waals surface area contributed by atoms with Crippen molar-refractivity contribution >= 4 is 12.0 Å². The molecule has 0 fully saturated rings. The van der Waals surface area contributed by atoms with Crippen molar-refractivity contribution in [3.8, 4) is 5.75 Å². The minimum Gasteiger partial charge on any atom is -0.488 e. The number of benzene rings is 2. The molecule has 1 aliphatic rings. The molecular formula is C18H17NO3. The van der Waals surface area contributed by atoms with E-state index in [2.05, 4.69) is 5.16 Å². The lowest BCUT2D eigenvalue weighted by Gasteiger charge is -2.20. The number of ether oxygens (including phenoxy) is 1. The highest BCUT2D eigenvalue weighted by Crippen LogP contribution is 2.30. The van der Waals surface area contributed by atoms with Crippen LogP contribution in [0.4, 0.5) is 0 Å². The summed E-state index contributed by atoms with van der Waals surface area (Å²) in [6.45, 7) is 0.418. The van der Waals surface area contributed by atoms with Crippen LogP contribution in [0.25, 0.3) is 0 Å². The van der Waals surface area contributed by atoms with Crippen LogP contribution in [0.5, 0.6) is 5.75 Å². The smallest absolute Gasteiger partial charge is 0.154 e. The van der Waals surface area contributed by atoms with E-state index in [0.717, 1.165) is 42.2 Å². The molecule has 22 heavy (non-hydrogen) atoms. The van der Waals surface area contributed by atoms with Gasteiger partial charge in [0.15, 0.2) is 6.29 Å². The van der Waals surface area contributed by atoms with Crippen LogP contribution in [0.15, 0.2) is 47.6 Å². The van der Waals surface area contributed by atoms with E-state index in [1.165, 1.54) is 0 Å². The van der Waals surface area contributed by atoms with Gasteiger partial charge in [0.1, 0.15) is 12.4 Å². The van der Waals surface area contributed by atoms with E-state index in [0.29, 0.717) is 23.6 Å². The van der Waals surface area contributed by atoms with Gasteiger partial charge in [0, 0.05) is 5.56 Å². The van der Waals surface area contributed by atoms with E-state index >= 15 is 0 Å². The molecule has 0 saturated heterocycles. The molecule has 2 aromatic carbocycles. The highest BCUT2D eigenvalue weighted by molar-refractivity contribution is 6.04. The van der Waals surface area contributed by atoms with Crippen molar-refractivity contribution in [1.82, 2.24) is 0 Å². The Labute approximate surface area is 129 Å². The molecule has 0 radical (unpaired) electrons. The average molecular weight is 295 g/mol. The molecule has 0 aliphatic heterocycles. The van der Waals surface area contributed by atoms with Gasteiger partial charge in [-0.1, -0.05) is 35.5 Å². The lowest BCUT2D eigenvalue weighted by molar-refractivity contribution is 0.111. The fourth-order valence-electron chi connectivity index (χ4n) is 2.84. The minimum atomic E-state index is 0.418. The van der Waals surface area contributed by atoms with Crippen molar-refractivity contribution in [2.75, 3.05) is 0 Å². The first-order valence-electron chi connectivity index (χ1n) is 7.32. The Kier molecular flexibility index (Phi) is 4.19. The number of oxime groups is 1. The molecule has 1 N–H and O–H groups in total. The second kappa shape index (κ2) is 6.43. The van der Waals surface area contributed by atoms with Crippen molar-refractivity contribution in [2.24, 2.45) is 5.16 Å².